The van der Waals surface area contributed by atoms with Crippen molar-refractivity contribution in [1.29, 1.82) is 0 Å². The lowest BCUT2D eigenvalue weighted by Gasteiger charge is -2.16. The van der Waals surface area contributed by atoms with Crippen LogP contribution in [-0.4, -0.2) is 42.6 Å². The molecule has 0 unspecified atom stereocenters. The van der Waals surface area contributed by atoms with E-state index >= 15 is 0 Å². The molecule has 0 aliphatic heterocycles. The monoisotopic (exact) mass is 494 g/mol. The molecule has 0 aliphatic carbocycles. The van der Waals surface area contributed by atoms with Crippen LogP contribution < -0.4 is 15.4 Å². The van der Waals surface area contributed by atoms with Gasteiger partial charge < -0.3 is 20.1 Å². The molecule has 0 bridgehead atoms. The Hall–Kier alpha value is -3.84. The molecule has 0 radical (unpaired) electrons. The molecular formula is C20H23ClN6O7. The number of non-ortho nitro benzene ring substituents is 1. The predicted octanol–water partition coefficient (Wildman–Crippen LogP) is 5.38. The number of azo groups is 1. The first-order chi connectivity index (χ1) is 16.2. The van der Waals surface area contributed by atoms with Crippen LogP contribution in [0.3, 0.4) is 0 Å². The standard InChI is InChI=1S/C20H23ClN6O7/c1-4-19(28)23-14-10-16(22-5-2)18(34-7-6-33-3)11-15(14)24-25-20-13(21)8-12(26(29)30)9-17(20)27(31)32/h8-11,22H,4-7H2,1-3H3,(H,23,28). The van der Waals surface area contributed by atoms with E-state index in [4.69, 9.17) is 21.1 Å². The third kappa shape index (κ3) is 6.83. The van der Waals surface area contributed by atoms with Gasteiger partial charge >= 0.3 is 5.69 Å². The van der Waals surface area contributed by atoms with E-state index in [0.717, 1.165) is 12.1 Å². The first-order valence-electron chi connectivity index (χ1n) is 10.1. The van der Waals surface area contributed by atoms with Gasteiger partial charge in [0.25, 0.3) is 5.69 Å². The van der Waals surface area contributed by atoms with Crippen molar-refractivity contribution in [1.82, 2.24) is 0 Å². The lowest BCUT2D eigenvalue weighted by Crippen LogP contribution is -2.11. The molecule has 0 saturated carbocycles. The second-order valence-electron chi connectivity index (χ2n) is 6.65. The fourth-order valence-corrected chi connectivity index (χ4v) is 2.94. The molecule has 2 aromatic rings. The Labute approximate surface area is 199 Å². The van der Waals surface area contributed by atoms with Crippen LogP contribution in [-0.2, 0) is 9.53 Å². The van der Waals surface area contributed by atoms with Crippen LogP contribution in [0.25, 0.3) is 0 Å². The van der Waals surface area contributed by atoms with Crippen molar-refractivity contribution in [2.45, 2.75) is 20.3 Å². The van der Waals surface area contributed by atoms with E-state index in [9.17, 15) is 25.0 Å². The number of anilines is 2. The highest BCUT2D eigenvalue weighted by Crippen LogP contribution is 2.42. The van der Waals surface area contributed by atoms with Crippen LogP contribution >= 0.6 is 11.6 Å². The number of methoxy groups -OCH3 is 1. The van der Waals surface area contributed by atoms with Crippen LogP contribution in [0, 0.1) is 20.2 Å². The molecule has 14 heteroatoms. The molecule has 2 N–H and O–H groups in total. The molecular weight excluding hydrogens is 472 g/mol. The second-order valence-corrected chi connectivity index (χ2v) is 7.06. The summed E-state index contributed by atoms with van der Waals surface area (Å²) in [5.74, 6) is 0.0814. The maximum Gasteiger partial charge on any atom is 0.305 e. The number of ether oxygens (including phenoxy) is 2. The number of rotatable bonds is 12. The Morgan fingerprint density at radius 2 is 1.79 bits per heavy atom. The lowest BCUT2D eigenvalue weighted by atomic mass is 10.2. The number of carbonyl (C=O) groups excluding carboxylic acids is 1. The average Bonchev–Trinajstić information content (AvgIpc) is 2.79. The third-order valence-corrected chi connectivity index (χ3v) is 4.59. The van der Waals surface area contributed by atoms with Gasteiger partial charge in [-0.25, -0.2) is 0 Å². The summed E-state index contributed by atoms with van der Waals surface area (Å²) in [4.78, 5) is 32.9. The van der Waals surface area contributed by atoms with Crippen molar-refractivity contribution >= 4 is 51.6 Å². The Morgan fingerprint density at radius 3 is 2.38 bits per heavy atom. The van der Waals surface area contributed by atoms with Gasteiger partial charge in [0.15, 0.2) is 5.69 Å². The highest BCUT2D eigenvalue weighted by Gasteiger charge is 2.24. The van der Waals surface area contributed by atoms with Crippen molar-refractivity contribution < 1.29 is 24.1 Å². The lowest BCUT2D eigenvalue weighted by molar-refractivity contribution is -0.393. The number of nitro groups is 2. The van der Waals surface area contributed by atoms with Crippen molar-refractivity contribution in [3.8, 4) is 5.75 Å². The smallest absolute Gasteiger partial charge is 0.305 e. The number of nitro benzene ring substituents is 2. The summed E-state index contributed by atoms with van der Waals surface area (Å²) in [6.07, 6.45) is 0.193. The molecule has 0 fully saturated rings. The number of halogens is 1. The van der Waals surface area contributed by atoms with Crippen LogP contribution in [0.4, 0.5) is 34.1 Å². The summed E-state index contributed by atoms with van der Waals surface area (Å²) in [5.41, 5.74) is -0.657. The Balaban J connectivity index is 2.61. The van der Waals surface area contributed by atoms with Crippen molar-refractivity contribution in [2.75, 3.05) is 37.5 Å². The number of nitrogens with zero attached hydrogens (tertiary/aromatic N) is 4. The van der Waals surface area contributed by atoms with Gasteiger partial charge in [0.2, 0.25) is 5.91 Å². The van der Waals surface area contributed by atoms with Crippen LogP contribution in [0.2, 0.25) is 5.02 Å². The minimum absolute atomic E-state index is 0.125. The first-order valence-corrected chi connectivity index (χ1v) is 10.5. The molecule has 0 atom stereocenters. The number of nitrogens with one attached hydrogen (secondary N) is 2. The van der Waals surface area contributed by atoms with Gasteiger partial charge in [-0.2, -0.15) is 0 Å². The summed E-state index contributed by atoms with van der Waals surface area (Å²) < 4.78 is 10.7. The van der Waals surface area contributed by atoms with E-state index < -0.39 is 21.2 Å². The van der Waals surface area contributed by atoms with Gasteiger partial charge in [-0.15, -0.1) is 10.2 Å². The molecule has 0 aliphatic rings. The molecule has 34 heavy (non-hydrogen) atoms. The summed E-state index contributed by atoms with van der Waals surface area (Å²) in [5, 5.41) is 35.9. The van der Waals surface area contributed by atoms with E-state index in [-0.39, 0.29) is 41.0 Å². The van der Waals surface area contributed by atoms with Gasteiger partial charge in [0, 0.05) is 32.2 Å². The Kier molecular flexibility index (Phi) is 9.64. The number of benzene rings is 2. The van der Waals surface area contributed by atoms with Gasteiger partial charge in [0.05, 0.1) is 38.9 Å². The van der Waals surface area contributed by atoms with Crippen molar-refractivity contribution in [3.63, 3.8) is 0 Å². The molecule has 0 aromatic heterocycles. The minimum Gasteiger partial charge on any atom is -0.489 e. The molecule has 13 nitrogen and oxygen atoms in total. The molecule has 0 spiro atoms. The van der Waals surface area contributed by atoms with Crippen LogP contribution in [0.5, 0.6) is 5.75 Å². The number of carbonyl (C=O) groups is 1. The largest absolute Gasteiger partial charge is 0.489 e. The topological polar surface area (TPSA) is 171 Å². The van der Waals surface area contributed by atoms with Crippen LogP contribution in [0.15, 0.2) is 34.5 Å². The Morgan fingerprint density at radius 1 is 1.06 bits per heavy atom. The van der Waals surface area contributed by atoms with Crippen molar-refractivity contribution in [3.05, 3.63) is 49.5 Å². The van der Waals surface area contributed by atoms with E-state index in [1.807, 2.05) is 6.92 Å². The van der Waals surface area contributed by atoms with Gasteiger partial charge in [-0.1, -0.05) is 18.5 Å². The average molecular weight is 495 g/mol. The van der Waals surface area contributed by atoms with E-state index in [1.165, 1.54) is 13.2 Å². The SMILES string of the molecule is CCNc1cc(NC(=O)CC)c(N=Nc2c(Cl)cc([N+](=O)[O-])cc2[N+](=O)[O-])cc1OCCOC. The third-order valence-electron chi connectivity index (χ3n) is 4.30. The van der Waals surface area contributed by atoms with E-state index in [1.54, 1.807) is 13.0 Å². The van der Waals surface area contributed by atoms with Crippen molar-refractivity contribution in [2.24, 2.45) is 10.2 Å². The van der Waals surface area contributed by atoms with Gasteiger partial charge in [0.1, 0.15) is 18.0 Å². The second kappa shape index (κ2) is 12.4. The molecule has 0 heterocycles. The van der Waals surface area contributed by atoms with E-state index in [2.05, 4.69) is 20.9 Å². The zero-order chi connectivity index (χ0) is 25.3. The normalized spacial score (nSPS) is 10.8. The molecule has 1 amide bonds. The summed E-state index contributed by atoms with van der Waals surface area (Å²) in [6, 6.07) is 4.77. The fraction of sp³-hybridized carbons (Fsp3) is 0.350. The molecule has 182 valence electrons. The zero-order valence-corrected chi connectivity index (χ0v) is 19.4. The number of hydrogen-bond donors (Lipinski definition) is 2. The summed E-state index contributed by atoms with van der Waals surface area (Å²) >= 11 is 6.04. The van der Waals surface area contributed by atoms with E-state index in [0.29, 0.717) is 24.6 Å². The zero-order valence-electron chi connectivity index (χ0n) is 18.7. The van der Waals surface area contributed by atoms with Gasteiger partial charge in [-0.3, -0.25) is 25.0 Å². The number of hydrogen-bond acceptors (Lipinski definition) is 10. The van der Waals surface area contributed by atoms with Gasteiger partial charge in [-0.05, 0) is 13.0 Å². The maximum absolute atomic E-state index is 12.0. The summed E-state index contributed by atoms with van der Waals surface area (Å²) in [7, 11) is 1.53. The number of amides is 1. The predicted molar refractivity (Wildman–Crippen MR) is 126 cm³/mol. The quantitative estimate of drug-likeness (QED) is 0.171. The maximum atomic E-state index is 12.0. The highest BCUT2D eigenvalue weighted by molar-refractivity contribution is 6.33. The molecule has 2 aromatic carbocycles. The molecule has 2 rings (SSSR count). The fourth-order valence-electron chi connectivity index (χ4n) is 2.69. The first kappa shape index (κ1) is 26.4. The summed E-state index contributed by atoms with van der Waals surface area (Å²) in [6.45, 7) is 4.66. The van der Waals surface area contributed by atoms with Crippen LogP contribution in [0.1, 0.15) is 20.3 Å². The molecule has 0 saturated heterocycles. The highest BCUT2D eigenvalue weighted by atomic mass is 35.5. The minimum atomic E-state index is -0.847. The Bertz CT molecular complexity index is 1110.